The lowest BCUT2D eigenvalue weighted by molar-refractivity contribution is -0.154. The van der Waals surface area contributed by atoms with Crippen LogP contribution in [0.25, 0.3) is 0 Å². The molecule has 4 atom stereocenters. The van der Waals surface area contributed by atoms with Gasteiger partial charge in [0.1, 0.15) is 12.7 Å². The lowest BCUT2D eigenvalue weighted by atomic mass is 9.81. The normalized spacial score (nSPS) is 26.5. The maximum atomic E-state index is 12.0. The van der Waals surface area contributed by atoms with Crippen LogP contribution < -0.4 is 5.32 Å². The molecule has 1 fully saturated rings. The number of esters is 1. The summed E-state index contributed by atoms with van der Waals surface area (Å²) in [5.41, 5.74) is 0.818. The van der Waals surface area contributed by atoms with Crippen molar-refractivity contribution < 1.29 is 29.3 Å². The Kier molecular flexibility index (Phi) is 6.57. The monoisotopic (exact) mass is 337 g/mol. The third kappa shape index (κ3) is 4.69. The van der Waals surface area contributed by atoms with Gasteiger partial charge in [-0.1, -0.05) is 30.3 Å². The Bertz CT molecular complexity index is 549. The molecule has 0 heterocycles. The Hall–Kier alpha value is -2.12. The highest BCUT2D eigenvalue weighted by molar-refractivity contribution is 5.75. The number of hydrogen-bond donors (Lipinski definition) is 3. The standard InChI is InChI=1S/C17H23NO6/c1-2-23-16(21)12-8-9-13(19)15(20)14(12)18-17(22)24-10-11-6-4-3-5-7-11/h3-7,12-15,19-20H,2,8-10H2,1H3,(H,18,22)/t12-,13+,14+,15+/m0/s1. The zero-order valence-corrected chi connectivity index (χ0v) is 13.6. The third-order valence-corrected chi connectivity index (χ3v) is 4.06. The lowest BCUT2D eigenvalue weighted by Crippen LogP contribution is -2.57. The van der Waals surface area contributed by atoms with E-state index in [-0.39, 0.29) is 19.6 Å². The zero-order valence-electron chi connectivity index (χ0n) is 13.6. The van der Waals surface area contributed by atoms with Crippen LogP contribution in [0.2, 0.25) is 0 Å². The molecule has 1 aliphatic rings. The number of nitrogens with one attached hydrogen (secondary N) is 1. The number of aliphatic hydroxyl groups is 2. The molecule has 2 rings (SSSR count). The van der Waals surface area contributed by atoms with Crippen LogP contribution in [0.3, 0.4) is 0 Å². The second-order valence-electron chi connectivity index (χ2n) is 5.73. The van der Waals surface area contributed by atoms with Crippen LogP contribution in [0.4, 0.5) is 4.79 Å². The largest absolute Gasteiger partial charge is 0.466 e. The van der Waals surface area contributed by atoms with Gasteiger partial charge in [-0.3, -0.25) is 4.79 Å². The Morgan fingerprint density at radius 1 is 1.17 bits per heavy atom. The summed E-state index contributed by atoms with van der Waals surface area (Å²) in [5.74, 6) is -1.22. The van der Waals surface area contributed by atoms with E-state index in [1.807, 2.05) is 30.3 Å². The highest BCUT2D eigenvalue weighted by Gasteiger charge is 2.43. The van der Waals surface area contributed by atoms with Crippen LogP contribution >= 0.6 is 0 Å². The topological polar surface area (TPSA) is 105 Å². The van der Waals surface area contributed by atoms with Gasteiger partial charge in [-0.05, 0) is 25.3 Å². The minimum Gasteiger partial charge on any atom is -0.466 e. The first kappa shape index (κ1) is 18.2. The van der Waals surface area contributed by atoms with Crippen LogP contribution in [-0.4, -0.2) is 47.1 Å². The average Bonchev–Trinajstić information content (AvgIpc) is 2.58. The molecule has 0 saturated heterocycles. The van der Waals surface area contributed by atoms with Crippen molar-refractivity contribution in [3.8, 4) is 0 Å². The molecule has 0 unspecified atom stereocenters. The number of rotatable bonds is 5. The van der Waals surface area contributed by atoms with E-state index < -0.39 is 36.2 Å². The van der Waals surface area contributed by atoms with Gasteiger partial charge in [0.25, 0.3) is 0 Å². The van der Waals surface area contributed by atoms with Crippen LogP contribution in [0, 0.1) is 5.92 Å². The molecule has 0 spiro atoms. The van der Waals surface area contributed by atoms with Crippen molar-refractivity contribution in [2.24, 2.45) is 5.92 Å². The van der Waals surface area contributed by atoms with Gasteiger partial charge in [-0.15, -0.1) is 0 Å². The lowest BCUT2D eigenvalue weighted by Gasteiger charge is -2.37. The summed E-state index contributed by atoms with van der Waals surface area (Å²) in [6.45, 7) is 1.96. The molecular weight excluding hydrogens is 314 g/mol. The van der Waals surface area contributed by atoms with E-state index in [0.29, 0.717) is 6.42 Å². The first-order chi connectivity index (χ1) is 11.5. The number of benzene rings is 1. The van der Waals surface area contributed by atoms with Crippen molar-refractivity contribution in [3.05, 3.63) is 35.9 Å². The van der Waals surface area contributed by atoms with Crippen molar-refractivity contribution >= 4 is 12.1 Å². The molecule has 1 amide bonds. The molecule has 1 aromatic carbocycles. The van der Waals surface area contributed by atoms with Gasteiger partial charge in [0.2, 0.25) is 0 Å². The minimum absolute atomic E-state index is 0.0715. The molecule has 0 bridgehead atoms. The minimum atomic E-state index is -1.25. The van der Waals surface area contributed by atoms with Crippen LogP contribution in [0.5, 0.6) is 0 Å². The van der Waals surface area contributed by atoms with Gasteiger partial charge in [-0.2, -0.15) is 0 Å². The molecule has 1 aromatic rings. The smallest absolute Gasteiger partial charge is 0.407 e. The number of carbonyl (C=O) groups is 2. The number of amides is 1. The molecule has 132 valence electrons. The van der Waals surface area contributed by atoms with E-state index in [2.05, 4.69) is 5.32 Å². The van der Waals surface area contributed by atoms with Crippen molar-refractivity contribution in [3.63, 3.8) is 0 Å². The molecular formula is C17H23NO6. The number of aliphatic hydroxyl groups excluding tert-OH is 2. The summed E-state index contributed by atoms with van der Waals surface area (Å²) < 4.78 is 10.1. The Balaban J connectivity index is 1.96. The summed E-state index contributed by atoms with van der Waals surface area (Å²) in [4.78, 5) is 24.0. The molecule has 7 heteroatoms. The van der Waals surface area contributed by atoms with Crippen LogP contribution in [0.1, 0.15) is 25.3 Å². The first-order valence-electron chi connectivity index (χ1n) is 8.03. The fourth-order valence-corrected chi connectivity index (χ4v) is 2.78. The molecule has 0 aromatic heterocycles. The van der Waals surface area contributed by atoms with Gasteiger partial charge < -0.3 is 25.0 Å². The second kappa shape index (κ2) is 8.65. The van der Waals surface area contributed by atoms with Gasteiger partial charge in [0, 0.05) is 0 Å². The highest BCUT2D eigenvalue weighted by Crippen LogP contribution is 2.26. The van der Waals surface area contributed by atoms with Crippen LogP contribution in [-0.2, 0) is 20.9 Å². The van der Waals surface area contributed by atoms with E-state index in [9.17, 15) is 19.8 Å². The summed E-state index contributed by atoms with van der Waals surface area (Å²) in [5, 5.41) is 22.4. The third-order valence-electron chi connectivity index (χ3n) is 4.06. The molecule has 0 radical (unpaired) electrons. The predicted octanol–water partition coefficient (Wildman–Crippen LogP) is 0.976. The van der Waals surface area contributed by atoms with Crippen molar-refractivity contribution in [1.29, 1.82) is 0 Å². The van der Waals surface area contributed by atoms with Crippen molar-refractivity contribution in [1.82, 2.24) is 5.32 Å². The quantitative estimate of drug-likeness (QED) is 0.692. The highest BCUT2D eigenvalue weighted by atomic mass is 16.5. The Morgan fingerprint density at radius 3 is 2.54 bits per heavy atom. The number of carbonyl (C=O) groups excluding carboxylic acids is 2. The van der Waals surface area contributed by atoms with Crippen molar-refractivity contribution in [2.75, 3.05) is 6.61 Å². The maximum absolute atomic E-state index is 12.0. The summed E-state index contributed by atoms with van der Waals surface area (Å²) in [7, 11) is 0. The molecule has 1 saturated carbocycles. The molecule has 3 N–H and O–H groups in total. The van der Waals surface area contributed by atoms with Crippen LogP contribution in [0.15, 0.2) is 30.3 Å². The Labute approximate surface area is 140 Å². The van der Waals surface area contributed by atoms with Crippen molar-refractivity contribution in [2.45, 2.75) is 44.6 Å². The average molecular weight is 337 g/mol. The number of alkyl carbamates (subject to hydrolysis) is 1. The molecule has 24 heavy (non-hydrogen) atoms. The van der Waals surface area contributed by atoms with E-state index in [1.54, 1.807) is 6.92 Å². The molecule has 7 nitrogen and oxygen atoms in total. The fraction of sp³-hybridized carbons (Fsp3) is 0.529. The Morgan fingerprint density at radius 2 is 1.88 bits per heavy atom. The number of ether oxygens (including phenoxy) is 2. The molecule has 1 aliphatic carbocycles. The zero-order chi connectivity index (χ0) is 17.5. The van der Waals surface area contributed by atoms with E-state index in [4.69, 9.17) is 9.47 Å². The second-order valence-corrected chi connectivity index (χ2v) is 5.73. The van der Waals surface area contributed by atoms with Gasteiger partial charge >= 0.3 is 12.1 Å². The molecule has 0 aliphatic heterocycles. The van der Waals surface area contributed by atoms with Gasteiger partial charge in [0.05, 0.1) is 24.7 Å². The summed E-state index contributed by atoms with van der Waals surface area (Å²) >= 11 is 0. The fourth-order valence-electron chi connectivity index (χ4n) is 2.78. The van der Waals surface area contributed by atoms with Gasteiger partial charge in [-0.25, -0.2) is 4.79 Å². The maximum Gasteiger partial charge on any atom is 0.407 e. The van der Waals surface area contributed by atoms with E-state index >= 15 is 0 Å². The SMILES string of the molecule is CCOC(=O)[C@H]1CC[C@@H](O)[C@@H](O)[C@@H]1NC(=O)OCc1ccccc1. The first-order valence-corrected chi connectivity index (χ1v) is 8.03. The number of hydrogen-bond acceptors (Lipinski definition) is 6. The summed E-state index contributed by atoms with van der Waals surface area (Å²) in [6, 6.07) is 8.19. The predicted molar refractivity (Wildman–Crippen MR) is 84.9 cm³/mol. The van der Waals surface area contributed by atoms with E-state index in [1.165, 1.54) is 0 Å². The summed E-state index contributed by atoms with van der Waals surface area (Å²) in [6.07, 6.45) is -2.43. The van der Waals surface area contributed by atoms with E-state index in [0.717, 1.165) is 5.56 Å². The van der Waals surface area contributed by atoms with Gasteiger partial charge in [0.15, 0.2) is 0 Å².